The van der Waals surface area contributed by atoms with Crippen molar-refractivity contribution in [2.24, 2.45) is 5.73 Å². The molecule has 0 heterocycles. The highest BCUT2D eigenvalue weighted by Gasteiger charge is 2.38. The maximum atomic E-state index is 6.42. The summed E-state index contributed by atoms with van der Waals surface area (Å²) in [7, 11) is 1.75. The third kappa shape index (κ3) is 1.76. The SMILES string of the molecule is COC(C)(C)c1ccccc1C1(N)CCC1. The van der Waals surface area contributed by atoms with Crippen molar-refractivity contribution in [1.29, 1.82) is 0 Å². The van der Waals surface area contributed by atoms with Gasteiger partial charge < -0.3 is 10.5 Å². The molecule has 88 valence electrons. The van der Waals surface area contributed by atoms with Gasteiger partial charge in [-0.25, -0.2) is 0 Å². The Kier molecular flexibility index (Phi) is 2.81. The molecule has 0 spiro atoms. The Balaban J connectivity index is 2.46. The number of rotatable bonds is 3. The summed E-state index contributed by atoms with van der Waals surface area (Å²) >= 11 is 0. The van der Waals surface area contributed by atoms with Gasteiger partial charge in [-0.05, 0) is 44.2 Å². The van der Waals surface area contributed by atoms with Crippen LogP contribution in [0.2, 0.25) is 0 Å². The normalized spacial score (nSPS) is 19.2. The lowest BCUT2D eigenvalue weighted by Crippen LogP contribution is -2.45. The van der Waals surface area contributed by atoms with Gasteiger partial charge in [0, 0.05) is 12.6 Å². The highest BCUT2D eigenvalue weighted by molar-refractivity contribution is 5.38. The van der Waals surface area contributed by atoms with Gasteiger partial charge in [0.2, 0.25) is 0 Å². The fourth-order valence-electron chi connectivity index (χ4n) is 2.38. The van der Waals surface area contributed by atoms with Gasteiger partial charge in [0.15, 0.2) is 0 Å². The van der Waals surface area contributed by atoms with E-state index in [9.17, 15) is 0 Å². The summed E-state index contributed by atoms with van der Waals surface area (Å²) in [4.78, 5) is 0. The minimum atomic E-state index is -0.265. The summed E-state index contributed by atoms with van der Waals surface area (Å²) in [6.07, 6.45) is 3.41. The quantitative estimate of drug-likeness (QED) is 0.848. The van der Waals surface area contributed by atoms with Crippen LogP contribution in [-0.4, -0.2) is 7.11 Å². The number of nitrogens with two attached hydrogens (primary N) is 1. The molecule has 2 rings (SSSR count). The molecule has 1 saturated carbocycles. The van der Waals surface area contributed by atoms with Gasteiger partial charge in [-0.15, -0.1) is 0 Å². The van der Waals surface area contributed by atoms with Crippen LogP contribution < -0.4 is 5.73 Å². The second-order valence-corrected chi connectivity index (χ2v) is 5.27. The summed E-state index contributed by atoms with van der Waals surface area (Å²) in [5.41, 5.74) is 8.52. The third-order valence-electron chi connectivity index (χ3n) is 3.87. The average molecular weight is 219 g/mol. The maximum Gasteiger partial charge on any atom is 0.0874 e. The largest absolute Gasteiger partial charge is 0.374 e. The average Bonchev–Trinajstić information content (AvgIpc) is 2.26. The van der Waals surface area contributed by atoms with E-state index in [1.54, 1.807) is 7.11 Å². The Bertz CT molecular complexity index is 350. The molecule has 0 unspecified atom stereocenters. The predicted molar refractivity (Wildman–Crippen MR) is 66.2 cm³/mol. The van der Waals surface area contributed by atoms with Gasteiger partial charge in [-0.1, -0.05) is 24.3 Å². The van der Waals surface area contributed by atoms with E-state index in [0.717, 1.165) is 12.8 Å². The van der Waals surface area contributed by atoms with Crippen molar-refractivity contribution in [3.05, 3.63) is 35.4 Å². The third-order valence-corrected chi connectivity index (χ3v) is 3.87. The Morgan fingerprint density at radius 3 is 2.38 bits per heavy atom. The molecule has 16 heavy (non-hydrogen) atoms. The van der Waals surface area contributed by atoms with E-state index in [2.05, 4.69) is 38.1 Å². The molecule has 0 radical (unpaired) electrons. The van der Waals surface area contributed by atoms with Crippen LogP contribution in [0.1, 0.15) is 44.2 Å². The van der Waals surface area contributed by atoms with Crippen LogP contribution >= 0.6 is 0 Å². The number of hydrogen-bond acceptors (Lipinski definition) is 2. The number of methoxy groups -OCH3 is 1. The van der Waals surface area contributed by atoms with E-state index in [0.29, 0.717) is 0 Å². The van der Waals surface area contributed by atoms with Crippen LogP contribution in [-0.2, 0) is 15.9 Å². The van der Waals surface area contributed by atoms with E-state index in [-0.39, 0.29) is 11.1 Å². The molecule has 0 atom stereocenters. The Hall–Kier alpha value is -0.860. The smallest absolute Gasteiger partial charge is 0.0874 e. The van der Waals surface area contributed by atoms with E-state index >= 15 is 0 Å². The van der Waals surface area contributed by atoms with Crippen molar-refractivity contribution in [3.8, 4) is 0 Å². The predicted octanol–water partition coefficient (Wildman–Crippen LogP) is 2.91. The molecule has 1 aromatic carbocycles. The molecule has 1 aromatic rings. The van der Waals surface area contributed by atoms with Crippen molar-refractivity contribution in [2.75, 3.05) is 7.11 Å². The molecule has 0 aliphatic heterocycles. The topological polar surface area (TPSA) is 35.2 Å². The molecular formula is C14H21NO. The molecule has 2 nitrogen and oxygen atoms in total. The molecule has 1 aliphatic rings. The van der Waals surface area contributed by atoms with Crippen LogP contribution in [0.15, 0.2) is 24.3 Å². The minimum Gasteiger partial charge on any atom is -0.374 e. The van der Waals surface area contributed by atoms with Crippen LogP contribution in [0.5, 0.6) is 0 Å². The fourth-order valence-corrected chi connectivity index (χ4v) is 2.38. The number of benzene rings is 1. The Morgan fingerprint density at radius 2 is 1.88 bits per heavy atom. The summed E-state index contributed by atoms with van der Waals surface area (Å²) in [5.74, 6) is 0. The number of hydrogen-bond donors (Lipinski definition) is 1. The van der Waals surface area contributed by atoms with Crippen molar-refractivity contribution in [3.63, 3.8) is 0 Å². The number of ether oxygens (including phenoxy) is 1. The van der Waals surface area contributed by atoms with Crippen LogP contribution in [0, 0.1) is 0 Å². The molecule has 2 heteroatoms. The zero-order valence-corrected chi connectivity index (χ0v) is 10.4. The summed E-state index contributed by atoms with van der Waals surface area (Å²) in [6, 6.07) is 8.40. The first-order valence-electron chi connectivity index (χ1n) is 5.94. The van der Waals surface area contributed by atoms with Gasteiger partial charge in [0.05, 0.1) is 5.60 Å². The zero-order valence-electron chi connectivity index (χ0n) is 10.4. The van der Waals surface area contributed by atoms with Gasteiger partial charge in [-0.3, -0.25) is 0 Å². The Morgan fingerprint density at radius 1 is 1.25 bits per heavy atom. The monoisotopic (exact) mass is 219 g/mol. The molecule has 1 fully saturated rings. The maximum absolute atomic E-state index is 6.42. The van der Waals surface area contributed by atoms with Gasteiger partial charge in [-0.2, -0.15) is 0 Å². The first-order valence-corrected chi connectivity index (χ1v) is 5.94. The summed E-state index contributed by atoms with van der Waals surface area (Å²) < 4.78 is 5.57. The highest BCUT2D eigenvalue weighted by atomic mass is 16.5. The van der Waals surface area contributed by atoms with E-state index in [1.807, 2.05) is 0 Å². The first kappa shape index (κ1) is 11.6. The van der Waals surface area contributed by atoms with Crippen LogP contribution in [0.4, 0.5) is 0 Å². The second kappa shape index (κ2) is 3.86. The minimum absolute atomic E-state index is 0.119. The fraction of sp³-hybridized carbons (Fsp3) is 0.571. The van der Waals surface area contributed by atoms with Crippen LogP contribution in [0.3, 0.4) is 0 Å². The van der Waals surface area contributed by atoms with Gasteiger partial charge in [0.1, 0.15) is 0 Å². The van der Waals surface area contributed by atoms with Crippen molar-refractivity contribution in [1.82, 2.24) is 0 Å². The highest BCUT2D eigenvalue weighted by Crippen LogP contribution is 2.43. The molecule has 1 aliphatic carbocycles. The molecule has 0 bridgehead atoms. The van der Waals surface area contributed by atoms with E-state index in [1.165, 1.54) is 17.5 Å². The van der Waals surface area contributed by atoms with Crippen LogP contribution in [0.25, 0.3) is 0 Å². The first-order chi connectivity index (χ1) is 7.49. The van der Waals surface area contributed by atoms with Gasteiger partial charge >= 0.3 is 0 Å². The lowest BCUT2D eigenvalue weighted by molar-refractivity contribution is 0.0166. The summed E-state index contributed by atoms with van der Waals surface area (Å²) in [6.45, 7) is 4.18. The molecule has 2 N–H and O–H groups in total. The second-order valence-electron chi connectivity index (χ2n) is 5.27. The molecule has 0 amide bonds. The van der Waals surface area contributed by atoms with E-state index in [4.69, 9.17) is 10.5 Å². The molecular weight excluding hydrogens is 198 g/mol. The summed E-state index contributed by atoms with van der Waals surface area (Å²) in [5, 5.41) is 0. The van der Waals surface area contributed by atoms with Crippen molar-refractivity contribution < 1.29 is 4.74 Å². The zero-order chi connectivity index (χ0) is 11.8. The van der Waals surface area contributed by atoms with E-state index < -0.39 is 0 Å². The standard InChI is InChI=1S/C14H21NO/c1-13(2,16-3)11-7-4-5-8-12(11)14(15)9-6-10-14/h4-5,7-8H,6,9-10,15H2,1-3H3. The van der Waals surface area contributed by atoms with Crippen molar-refractivity contribution >= 4 is 0 Å². The lowest BCUT2D eigenvalue weighted by atomic mass is 9.69. The molecule has 0 saturated heterocycles. The Labute approximate surface area is 97.8 Å². The van der Waals surface area contributed by atoms with Crippen molar-refractivity contribution in [2.45, 2.75) is 44.2 Å². The van der Waals surface area contributed by atoms with Gasteiger partial charge in [0.25, 0.3) is 0 Å². The lowest BCUT2D eigenvalue weighted by Gasteiger charge is -2.42. The molecule has 0 aromatic heterocycles.